The van der Waals surface area contributed by atoms with Crippen LogP contribution in [0.15, 0.2) is 24.3 Å². The second kappa shape index (κ2) is 9.57. The maximum absolute atomic E-state index is 12.3. The van der Waals surface area contributed by atoms with Gasteiger partial charge in [0, 0.05) is 37.5 Å². The highest BCUT2D eigenvalue weighted by Gasteiger charge is 2.17. The summed E-state index contributed by atoms with van der Waals surface area (Å²) in [6, 6.07) is 7.25. The van der Waals surface area contributed by atoms with Gasteiger partial charge in [0.15, 0.2) is 0 Å². The number of likely N-dealkylation sites (tertiary alicyclic amines) is 1. The Bertz CT molecular complexity index is 589. The van der Waals surface area contributed by atoms with Crippen LogP contribution < -0.4 is 10.6 Å². The molecule has 0 spiro atoms. The Labute approximate surface area is 155 Å². The molecule has 1 aromatic carbocycles. The lowest BCUT2D eigenvalue weighted by molar-refractivity contribution is -0.129. The van der Waals surface area contributed by atoms with E-state index in [9.17, 15) is 9.59 Å². The third kappa shape index (κ3) is 5.46. The summed E-state index contributed by atoms with van der Waals surface area (Å²) in [5.74, 6) is 0.0537. The molecule has 2 amide bonds. The zero-order chi connectivity index (χ0) is 18.2. The van der Waals surface area contributed by atoms with Gasteiger partial charge in [-0.2, -0.15) is 0 Å². The molecule has 0 saturated carbocycles. The van der Waals surface area contributed by atoms with Crippen LogP contribution in [0.5, 0.6) is 0 Å². The van der Waals surface area contributed by atoms with Crippen LogP contribution in [0.3, 0.4) is 0 Å². The second-order valence-corrected chi connectivity index (χ2v) is 7.07. The van der Waals surface area contributed by atoms with Crippen molar-refractivity contribution in [2.45, 2.75) is 44.6 Å². The summed E-state index contributed by atoms with van der Waals surface area (Å²) in [5.41, 5.74) is 1.47. The average Bonchev–Trinajstić information content (AvgIpc) is 3.04. The fraction of sp³-hybridized carbons (Fsp3) is 0.600. The Morgan fingerprint density at radius 2 is 1.77 bits per heavy atom. The maximum Gasteiger partial charge on any atom is 0.251 e. The molecule has 0 aromatic heterocycles. The van der Waals surface area contributed by atoms with Gasteiger partial charge in [0.1, 0.15) is 0 Å². The van der Waals surface area contributed by atoms with E-state index in [4.69, 9.17) is 4.74 Å². The minimum atomic E-state index is -0.0901. The molecular formula is C20H29N3O3. The first kappa shape index (κ1) is 18.7. The second-order valence-electron chi connectivity index (χ2n) is 7.07. The molecule has 1 atom stereocenters. The molecule has 2 fully saturated rings. The Kier molecular flexibility index (Phi) is 6.89. The predicted octanol–water partition coefficient (Wildman–Crippen LogP) is 2.41. The number of hydrogen-bond acceptors (Lipinski definition) is 4. The lowest BCUT2D eigenvalue weighted by Crippen LogP contribution is -2.36. The van der Waals surface area contributed by atoms with Crippen molar-refractivity contribution in [3.63, 3.8) is 0 Å². The van der Waals surface area contributed by atoms with Crippen LogP contribution in [-0.4, -0.2) is 55.6 Å². The van der Waals surface area contributed by atoms with Crippen molar-refractivity contribution < 1.29 is 14.3 Å². The van der Waals surface area contributed by atoms with E-state index in [1.807, 2.05) is 17.0 Å². The Morgan fingerprint density at radius 3 is 2.42 bits per heavy atom. The molecular weight excluding hydrogens is 330 g/mol. The van der Waals surface area contributed by atoms with Gasteiger partial charge in [-0.1, -0.05) is 12.8 Å². The number of carbonyl (C=O) groups excluding carboxylic acids is 2. The van der Waals surface area contributed by atoms with Crippen molar-refractivity contribution in [2.24, 2.45) is 0 Å². The van der Waals surface area contributed by atoms with Crippen LogP contribution >= 0.6 is 0 Å². The molecule has 2 N–H and O–H groups in total. The molecule has 142 valence electrons. The van der Waals surface area contributed by atoms with Gasteiger partial charge in [-0.05, 0) is 49.9 Å². The van der Waals surface area contributed by atoms with E-state index in [0.29, 0.717) is 18.7 Å². The van der Waals surface area contributed by atoms with Crippen LogP contribution in [0.4, 0.5) is 5.69 Å². The van der Waals surface area contributed by atoms with Gasteiger partial charge in [0.05, 0.1) is 12.6 Å². The number of rotatable bonds is 6. The molecule has 26 heavy (non-hydrogen) atoms. The first-order valence-corrected chi connectivity index (χ1v) is 9.74. The van der Waals surface area contributed by atoms with E-state index in [2.05, 4.69) is 10.6 Å². The SMILES string of the molecule is O=C(NCC1CCCO1)c1ccc(NCC(=O)N2CCCCCC2)cc1. The molecule has 0 bridgehead atoms. The molecule has 3 rings (SSSR count). The molecule has 0 aliphatic carbocycles. The highest BCUT2D eigenvalue weighted by molar-refractivity contribution is 5.94. The predicted molar refractivity (Wildman–Crippen MR) is 101 cm³/mol. The highest BCUT2D eigenvalue weighted by Crippen LogP contribution is 2.13. The average molecular weight is 359 g/mol. The van der Waals surface area contributed by atoms with Gasteiger partial charge < -0.3 is 20.3 Å². The monoisotopic (exact) mass is 359 g/mol. The molecule has 2 aliphatic rings. The number of nitrogens with zero attached hydrogens (tertiary/aromatic N) is 1. The smallest absolute Gasteiger partial charge is 0.251 e. The summed E-state index contributed by atoms with van der Waals surface area (Å²) in [6.45, 7) is 3.37. The van der Waals surface area contributed by atoms with Gasteiger partial charge in [-0.3, -0.25) is 9.59 Å². The summed E-state index contributed by atoms with van der Waals surface area (Å²) in [4.78, 5) is 26.4. The number of carbonyl (C=O) groups is 2. The van der Waals surface area contributed by atoms with Crippen LogP contribution in [0.2, 0.25) is 0 Å². The van der Waals surface area contributed by atoms with E-state index in [1.165, 1.54) is 12.8 Å². The zero-order valence-electron chi connectivity index (χ0n) is 15.3. The Hall–Kier alpha value is -2.08. The summed E-state index contributed by atoms with van der Waals surface area (Å²) in [6.07, 6.45) is 6.85. The Morgan fingerprint density at radius 1 is 1.04 bits per heavy atom. The fourth-order valence-corrected chi connectivity index (χ4v) is 3.46. The number of amides is 2. The third-order valence-electron chi connectivity index (χ3n) is 5.06. The van der Waals surface area contributed by atoms with Gasteiger partial charge in [-0.25, -0.2) is 0 Å². The van der Waals surface area contributed by atoms with Gasteiger partial charge in [0.25, 0.3) is 5.91 Å². The van der Waals surface area contributed by atoms with Crippen molar-refractivity contribution >= 4 is 17.5 Å². The highest BCUT2D eigenvalue weighted by atomic mass is 16.5. The molecule has 6 nitrogen and oxygen atoms in total. The summed E-state index contributed by atoms with van der Waals surface area (Å²) < 4.78 is 5.51. The van der Waals surface area contributed by atoms with E-state index in [-0.39, 0.29) is 17.9 Å². The number of nitrogens with one attached hydrogen (secondary N) is 2. The van der Waals surface area contributed by atoms with E-state index in [0.717, 1.165) is 51.1 Å². The van der Waals surface area contributed by atoms with Gasteiger partial charge in [0.2, 0.25) is 5.91 Å². The van der Waals surface area contributed by atoms with E-state index < -0.39 is 0 Å². The molecule has 2 aliphatic heterocycles. The van der Waals surface area contributed by atoms with Crippen LogP contribution in [-0.2, 0) is 9.53 Å². The summed E-state index contributed by atoms with van der Waals surface area (Å²) in [5, 5.41) is 6.08. The summed E-state index contributed by atoms with van der Waals surface area (Å²) in [7, 11) is 0. The van der Waals surface area contributed by atoms with Gasteiger partial charge in [-0.15, -0.1) is 0 Å². The lowest BCUT2D eigenvalue weighted by Gasteiger charge is -2.20. The molecule has 6 heteroatoms. The number of benzene rings is 1. The maximum atomic E-state index is 12.3. The Balaban J connectivity index is 1.43. The normalized spacial score (nSPS) is 20.5. The zero-order valence-corrected chi connectivity index (χ0v) is 15.3. The molecule has 2 saturated heterocycles. The number of hydrogen-bond donors (Lipinski definition) is 2. The first-order chi connectivity index (χ1) is 12.7. The molecule has 0 radical (unpaired) electrons. The largest absolute Gasteiger partial charge is 0.376 e. The summed E-state index contributed by atoms with van der Waals surface area (Å²) >= 11 is 0. The number of ether oxygens (including phenoxy) is 1. The fourth-order valence-electron chi connectivity index (χ4n) is 3.46. The molecule has 1 unspecified atom stereocenters. The van der Waals surface area contributed by atoms with Crippen LogP contribution in [0.1, 0.15) is 48.9 Å². The van der Waals surface area contributed by atoms with Crippen molar-refractivity contribution in [3.05, 3.63) is 29.8 Å². The van der Waals surface area contributed by atoms with Crippen LogP contribution in [0.25, 0.3) is 0 Å². The van der Waals surface area contributed by atoms with E-state index in [1.54, 1.807) is 12.1 Å². The van der Waals surface area contributed by atoms with Crippen molar-refractivity contribution in [3.8, 4) is 0 Å². The quantitative estimate of drug-likeness (QED) is 0.818. The minimum Gasteiger partial charge on any atom is -0.376 e. The molecule has 2 heterocycles. The topological polar surface area (TPSA) is 70.7 Å². The van der Waals surface area contributed by atoms with Crippen molar-refractivity contribution in [2.75, 3.05) is 38.1 Å². The van der Waals surface area contributed by atoms with Crippen LogP contribution in [0, 0.1) is 0 Å². The molecule has 1 aromatic rings. The van der Waals surface area contributed by atoms with E-state index >= 15 is 0 Å². The first-order valence-electron chi connectivity index (χ1n) is 9.74. The van der Waals surface area contributed by atoms with Crippen molar-refractivity contribution in [1.82, 2.24) is 10.2 Å². The third-order valence-corrected chi connectivity index (χ3v) is 5.06. The number of anilines is 1. The minimum absolute atomic E-state index is 0.0901. The van der Waals surface area contributed by atoms with Crippen molar-refractivity contribution in [1.29, 1.82) is 0 Å². The van der Waals surface area contributed by atoms with Gasteiger partial charge >= 0.3 is 0 Å². The lowest BCUT2D eigenvalue weighted by atomic mass is 10.2. The standard InChI is InChI=1S/C20H29N3O3/c24-19(23-11-3-1-2-4-12-23)15-21-17-9-7-16(8-10-17)20(25)22-14-18-6-5-13-26-18/h7-10,18,21H,1-6,11-15H2,(H,22,25).